The molecule has 5 heteroatoms. The Morgan fingerprint density at radius 1 is 1.19 bits per heavy atom. The van der Waals surface area contributed by atoms with Gasteiger partial charge in [0.25, 0.3) is 5.91 Å². The third kappa shape index (κ3) is 4.21. The van der Waals surface area contributed by atoms with Crippen molar-refractivity contribution in [3.8, 4) is 0 Å². The van der Waals surface area contributed by atoms with Crippen LogP contribution in [0.5, 0.6) is 0 Å². The van der Waals surface area contributed by atoms with Crippen LogP contribution in [0.2, 0.25) is 0 Å². The molecule has 0 unspecified atom stereocenters. The maximum atomic E-state index is 12.2. The fourth-order valence-corrected chi connectivity index (χ4v) is 1.92. The molecule has 0 aliphatic carbocycles. The summed E-state index contributed by atoms with van der Waals surface area (Å²) in [5.74, 6) is -0.186. The zero-order chi connectivity index (χ0) is 15.2. The molecule has 1 atom stereocenters. The summed E-state index contributed by atoms with van der Waals surface area (Å²) in [6.45, 7) is 3.77. The molecule has 110 valence electrons. The van der Waals surface area contributed by atoms with Gasteiger partial charge in [0.1, 0.15) is 5.76 Å². The zero-order valence-electron chi connectivity index (χ0n) is 12.1. The molecule has 0 spiro atoms. The lowest BCUT2D eigenvalue weighted by molar-refractivity contribution is -0.128. The van der Waals surface area contributed by atoms with Crippen molar-refractivity contribution in [3.05, 3.63) is 59.5 Å². The summed E-state index contributed by atoms with van der Waals surface area (Å²) in [6, 6.07) is 10.4. The van der Waals surface area contributed by atoms with Crippen LogP contribution in [0.15, 0.2) is 47.1 Å². The van der Waals surface area contributed by atoms with Gasteiger partial charge in [0.2, 0.25) is 5.91 Å². The average Bonchev–Trinajstić information content (AvgIpc) is 2.97. The predicted octanol–water partition coefficient (Wildman–Crippen LogP) is 2.08. The molecule has 0 saturated heterocycles. The monoisotopic (exact) mass is 286 g/mol. The number of hydrogen-bond donors (Lipinski definition) is 2. The van der Waals surface area contributed by atoms with Gasteiger partial charge in [-0.15, -0.1) is 0 Å². The first-order chi connectivity index (χ1) is 10.1. The van der Waals surface area contributed by atoms with Crippen molar-refractivity contribution < 1.29 is 14.0 Å². The molecule has 2 aromatic rings. The smallest absolute Gasteiger partial charge is 0.250 e. The number of benzene rings is 1. The van der Waals surface area contributed by atoms with Crippen molar-refractivity contribution in [1.29, 1.82) is 0 Å². The van der Waals surface area contributed by atoms with Crippen LogP contribution >= 0.6 is 0 Å². The second kappa shape index (κ2) is 6.74. The predicted molar refractivity (Wildman–Crippen MR) is 78.3 cm³/mol. The molecule has 0 aliphatic rings. The van der Waals surface area contributed by atoms with E-state index in [9.17, 15) is 9.59 Å². The van der Waals surface area contributed by atoms with Gasteiger partial charge < -0.3 is 15.1 Å². The first-order valence-corrected chi connectivity index (χ1v) is 6.70. The van der Waals surface area contributed by atoms with Gasteiger partial charge in [-0.3, -0.25) is 9.59 Å². The molecular weight excluding hydrogens is 268 g/mol. The van der Waals surface area contributed by atoms with Crippen LogP contribution in [-0.4, -0.2) is 11.8 Å². The summed E-state index contributed by atoms with van der Waals surface area (Å²) in [5.41, 5.74) is 2.16. The van der Waals surface area contributed by atoms with E-state index < -0.39 is 6.04 Å². The minimum absolute atomic E-state index is 0.290. The van der Waals surface area contributed by atoms with Crippen LogP contribution in [0, 0.1) is 6.92 Å². The van der Waals surface area contributed by atoms with Crippen molar-refractivity contribution in [2.24, 2.45) is 0 Å². The Hall–Kier alpha value is -2.56. The molecule has 1 aromatic carbocycles. The SMILES string of the molecule is CC(=O)N[C@@H](C(=O)NCc1ccc(C)cc1)c1ccco1. The number of aryl methyl sites for hydroxylation is 1. The molecule has 0 aliphatic heterocycles. The lowest BCUT2D eigenvalue weighted by Gasteiger charge is -2.15. The van der Waals surface area contributed by atoms with Gasteiger partial charge in [-0.25, -0.2) is 0 Å². The van der Waals surface area contributed by atoms with Crippen LogP contribution in [0.3, 0.4) is 0 Å². The second-order valence-electron chi connectivity index (χ2n) is 4.85. The van der Waals surface area contributed by atoms with Gasteiger partial charge in [-0.1, -0.05) is 29.8 Å². The van der Waals surface area contributed by atoms with Gasteiger partial charge in [0.15, 0.2) is 6.04 Å². The number of furan rings is 1. The topological polar surface area (TPSA) is 71.3 Å². The third-order valence-electron chi connectivity index (χ3n) is 3.02. The summed E-state index contributed by atoms with van der Waals surface area (Å²) in [6.07, 6.45) is 1.47. The van der Waals surface area contributed by atoms with Crippen LogP contribution in [0.4, 0.5) is 0 Å². The van der Waals surface area contributed by atoms with Gasteiger partial charge in [0, 0.05) is 13.5 Å². The fraction of sp³-hybridized carbons (Fsp3) is 0.250. The minimum atomic E-state index is -0.817. The molecule has 2 N–H and O–H groups in total. The van der Waals surface area contributed by atoms with E-state index >= 15 is 0 Å². The van der Waals surface area contributed by atoms with Gasteiger partial charge in [-0.05, 0) is 24.6 Å². The average molecular weight is 286 g/mol. The number of rotatable bonds is 5. The lowest BCUT2D eigenvalue weighted by Crippen LogP contribution is -2.39. The van der Waals surface area contributed by atoms with E-state index in [-0.39, 0.29) is 11.8 Å². The first-order valence-electron chi connectivity index (χ1n) is 6.70. The quantitative estimate of drug-likeness (QED) is 0.884. The number of carbonyl (C=O) groups excluding carboxylic acids is 2. The fourth-order valence-electron chi connectivity index (χ4n) is 1.92. The highest BCUT2D eigenvalue weighted by molar-refractivity contribution is 5.87. The van der Waals surface area contributed by atoms with E-state index in [0.29, 0.717) is 12.3 Å². The number of amides is 2. The summed E-state index contributed by atoms with van der Waals surface area (Å²) in [7, 11) is 0. The summed E-state index contributed by atoms with van der Waals surface area (Å²) >= 11 is 0. The van der Waals surface area contributed by atoms with E-state index in [1.807, 2.05) is 31.2 Å². The van der Waals surface area contributed by atoms with Crippen LogP contribution in [0.1, 0.15) is 29.9 Å². The number of carbonyl (C=O) groups is 2. The normalized spacial score (nSPS) is 11.7. The molecule has 2 amide bonds. The Labute approximate surface area is 123 Å². The number of nitrogens with one attached hydrogen (secondary N) is 2. The molecule has 0 saturated carbocycles. The highest BCUT2D eigenvalue weighted by atomic mass is 16.3. The minimum Gasteiger partial charge on any atom is -0.467 e. The van der Waals surface area contributed by atoms with Gasteiger partial charge >= 0.3 is 0 Å². The van der Waals surface area contributed by atoms with E-state index in [1.165, 1.54) is 13.2 Å². The molecule has 1 heterocycles. The van der Waals surface area contributed by atoms with Crippen molar-refractivity contribution in [2.45, 2.75) is 26.4 Å². The van der Waals surface area contributed by atoms with Crippen LogP contribution in [-0.2, 0) is 16.1 Å². The van der Waals surface area contributed by atoms with E-state index in [2.05, 4.69) is 10.6 Å². The zero-order valence-corrected chi connectivity index (χ0v) is 12.1. The molecule has 0 fully saturated rings. The highest BCUT2D eigenvalue weighted by Gasteiger charge is 2.23. The first kappa shape index (κ1) is 14.8. The summed E-state index contributed by atoms with van der Waals surface area (Å²) in [4.78, 5) is 23.5. The maximum absolute atomic E-state index is 12.2. The van der Waals surface area contributed by atoms with E-state index in [4.69, 9.17) is 4.42 Å². The molecular formula is C16H18N2O3. The Balaban J connectivity index is 2.01. The Kier molecular flexibility index (Phi) is 4.77. The maximum Gasteiger partial charge on any atom is 0.250 e. The molecule has 0 bridgehead atoms. The van der Waals surface area contributed by atoms with E-state index in [1.54, 1.807) is 12.1 Å². The molecule has 5 nitrogen and oxygen atoms in total. The molecule has 2 rings (SSSR count). The summed E-state index contributed by atoms with van der Waals surface area (Å²) in [5, 5.41) is 5.38. The largest absolute Gasteiger partial charge is 0.467 e. The van der Waals surface area contributed by atoms with Crippen molar-refractivity contribution >= 4 is 11.8 Å². The standard InChI is InChI=1S/C16H18N2O3/c1-11-5-7-13(8-6-11)10-17-16(20)15(18-12(2)19)14-4-3-9-21-14/h3-9,15H,10H2,1-2H3,(H,17,20)(H,18,19)/t15-/m1/s1. The second-order valence-corrected chi connectivity index (χ2v) is 4.85. The molecule has 1 aromatic heterocycles. The van der Waals surface area contributed by atoms with Crippen LogP contribution in [0.25, 0.3) is 0 Å². The van der Waals surface area contributed by atoms with Crippen LogP contribution < -0.4 is 10.6 Å². The Morgan fingerprint density at radius 2 is 1.90 bits per heavy atom. The Morgan fingerprint density at radius 3 is 2.48 bits per heavy atom. The van der Waals surface area contributed by atoms with Crippen molar-refractivity contribution in [1.82, 2.24) is 10.6 Å². The van der Waals surface area contributed by atoms with Gasteiger partial charge in [0.05, 0.1) is 6.26 Å². The van der Waals surface area contributed by atoms with E-state index in [0.717, 1.165) is 11.1 Å². The van der Waals surface area contributed by atoms with Crippen molar-refractivity contribution in [2.75, 3.05) is 0 Å². The Bertz CT molecular complexity index is 603. The summed E-state index contributed by atoms with van der Waals surface area (Å²) < 4.78 is 5.21. The third-order valence-corrected chi connectivity index (χ3v) is 3.02. The van der Waals surface area contributed by atoms with Crippen molar-refractivity contribution in [3.63, 3.8) is 0 Å². The number of hydrogen-bond acceptors (Lipinski definition) is 3. The van der Waals surface area contributed by atoms with Gasteiger partial charge in [-0.2, -0.15) is 0 Å². The molecule has 0 radical (unpaired) electrons. The highest BCUT2D eigenvalue weighted by Crippen LogP contribution is 2.14. The molecule has 21 heavy (non-hydrogen) atoms. The lowest BCUT2D eigenvalue weighted by atomic mass is 10.1.